The van der Waals surface area contributed by atoms with Gasteiger partial charge in [-0.2, -0.15) is 0 Å². The van der Waals surface area contributed by atoms with Crippen LogP contribution in [0.3, 0.4) is 0 Å². The van der Waals surface area contributed by atoms with E-state index in [1.54, 1.807) is 23.1 Å². The summed E-state index contributed by atoms with van der Waals surface area (Å²) < 4.78 is 4.63. The Kier molecular flexibility index (Phi) is 5.70. The minimum Gasteiger partial charge on any atom is -0.465 e. The zero-order valence-electron chi connectivity index (χ0n) is 13.4. The Labute approximate surface area is 135 Å². The van der Waals surface area contributed by atoms with Crippen molar-refractivity contribution < 1.29 is 19.1 Å². The molecule has 7 nitrogen and oxygen atoms in total. The molecule has 0 aliphatic carbocycles. The number of esters is 1. The Hall–Kier alpha value is -2.41. The predicted octanol–water partition coefficient (Wildman–Crippen LogP) is 0.576. The molecular weight excluding hydrogens is 298 g/mol. The molecule has 0 bridgehead atoms. The van der Waals surface area contributed by atoms with E-state index in [9.17, 15) is 14.4 Å². The van der Waals surface area contributed by atoms with Crippen molar-refractivity contribution >= 4 is 23.5 Å². The molecule has 1 N–H and O–H groups in total. The number of piperazine rings is 1. The fourth-order valence-corrected chi connectivity index (χ4v) is 2.44. The second-order valence-electron chi connectivity index (χ2n) is 5.25. The van der Waals surface area contributed by atoms with E-state index in [1.165, 1.54) is 13.2 Å². The number of methoxy groups -OCH3 is 1. The lowest BCUT2D eigenvalue weighted by molar-refractivity contribution is -0.144. The number of hydrogen-bond acceptors (Lipinski definition) is 5. The lowest BCUT2D eigenvalue weighted by Crippen LogP contribution is -2.51. The fraction of sp³-hybridized carbons (Fsp3) is 0.438. The van der Waals surface area contributed by atoms with Gasteiger partial charge in [-0.1, -0.05) is 13.0 Å². The Morgan fingerprint density at radius 2 is 1.87 bits per heavy atom. The van der Waals surface area contributed by atoms with Crippen LogP contribution in [0.2, 0.25) is 0 Å². The molecule has 1 heterocycles. The molecule has 2 amide bonds. The van der Waals surface area contributed by atoms with Crippen LogP contribution in [0, 0.1) is 0 Å². The number of ether oxygens (including phenoxy) is 1. The monoisotopic (exact) mass is 319 g/mol. The third-order valence-electron chi connectivity index (χ3n) is 3.84. The highest BCUT2D eigenvalue weighted by atomic mass is 16.5. The number of benzene rings is 1. The first-order valence-corrected chi connectivity index (χ1v) is 7.56. The summed E-state index contributed by atoms with van der Waals surface area (Å²) in [5, 5.41) is 2.53. The topological polar surface area (TPSA) is 79.0 Å². The highest BCUT2D eigenvalue weighted by molar-refractivity contribution is 6.39. The third kappa shape index (κ3) is 4.29. The quantitative estimate of drug-likeness (QED) is 0.651. The summed E-state index contributed by atoms with van der Waals surface area (Å²) in [7, 11) is 1.28. The van der Waals surface area contributed by atoms with Gasteiger partial charge in [0.25, 0.3) is 0 Å². The molecule has 2 rings (SSSR count). The van der Waals surface area contributed by atoms with E-state index in [0.29, 0.717) is 24.3 Å². The molecule has 1 aromatic carbocycles. The van der Waals surface area contributed by atoms with Gasteiger partial charge in [0.05, 0.1) is 12.7 Å². The van der Waals surface area contributed by atoms with Crippen molar-refractivity contribution in [2.45, 2.75) is 6.92 Å². The van der Waals surface area contributed by atoms with Crippen molar-refractivity contribution in [3.63, 3.8) is 0 Å². The van der Waals surface area contributed by atoms with Gasteiger partial charge in [-0.3, -0.25) is 9.59 Å². The summed E-state index contributed by atoms with van der Waals surface area (Å²) in [6.45, 7) is 5.64. The summed E-state index contributed by atoms with van der Waals surface area (Å²) in [5.41, 5.74) is 0.702. The molecule has 1 aliphatic rings. The van der Waals surface area contributed by atoms with Crippen LogP contribution in [-0.2, 0) is 14.3 Å². The number of anilines is 1. The summed E-state index contributed by atoms with van der Waals surface area (Å²) in [4.78, 5) is 39.5. The van der Waals surface area contributed by atoms with Gasteiger partial charge < -0.3 is 19.9 Å². The number of rotatable bonds is 3. The Morgan fingerprint density at radius 3 is 2.48 bits per heavy atom. The molecule has 1 fully saturated rings. The van der Waals surface area contributed by atoms with Crippen LogP contribution in [0.4, 0.5) is 5.69 Å². The van der Waals surface area contributed by atoms with Gasteiger partial charge in [-0.25, -0.2) is 4.79 Å². The largest absolute Gasteiger partial charge is 0.465 e. The first kappa shape index (κ1) is 17.0. The third-order valence-corrected chi connectivity index (χ3v) is 3.84. The second-order valence-corrected chi connectivity index (χ2v) is 5.25. The molecule has 1 aliphatic heterocycles. The van der Waals surface area contributed by atoms with Gasteiger partial charge in [0.1, 0.15) is 0 Å². The van der Waals surface area contributed by atoms with E-state index >= 15 is 0 Å². The number of nitrogens with one attached hydrogen (secondary N) is 1. The Morgan fingerprint density at radius 1 is 1.17 bits per heavy atom. The van der Waals surface area contributed by atoms with Gasteiger partial charge in [-0.15, -0.1) is 0 Å². The molecule has 23 heavy (non-hydrogen) atoms. The second kappa shape index (κ2) is 7.73. The summed E-state index contributed by atoms with van der Waals surface area (Å²) in [6.07, 6.45) is 0. The Bertz CT molecular complexity index is 595. The summed E-state index contributed by atoms with van der Waals surface area (Å²) in [5.74, 6) is -1.75. The minimum atomic E-state index is -0.697. The lowest BCUT2D eigenvalue weighted by atomic mass is 10.2. The molecule has 1 aromatic rings. The first-order chi connectivity index (χ1) is 11.0. The zero-order chi connectivity index (χ0) is 16.8. The van der Waals surface area contributed by atoms with Crippen molar-refractivity contribution in [1.82, 2.24) is 9.80 Å². The fourth-order valence-electron chi connectivity index (χ4n) is 2.44. The number of likely N-dealkylation sites (N-methyl/N-ethyl adjacent to an activating group) is 1. The van der Waals surface area contributed by atoms with E-state index in [4.69, 9.17) is 0 Å². The van der Waals surface area contributed by atoms with Crippen LogP contribution in [0.1, 0.15) is 17.3 Å². The van der Waals surface area contributed by atoms with E-state index in [1.807, 2.05) is 0 Å². The van der Waals surface area contributed by atoms with Crippen molar-refractivity contribution in [2.75, 3.05) is 45.2 Å². The normalized spacial score (nSPS) is 15.1. The van der Waals surface area contributed by atoms with Gasteiger partial charge in [0, 0.05) is 31.9 Å². The molecule has 0 spiro atoms. The lowest BCUT2D eigenvalue weighted by Gasteiger charge is -2.33. The van der Waals surface area contributed by atoms with E-state index < -0.39 is 17.8 Å². The average Bonchev–Trinajstić information content (AvgIpc) is 2.60. The number of carbonyl (C=O) groups excluding carboxylic acids is 3. The molecule has 0 saturated carbocycles. The predicted molar refractivity (Wildman–Crippen MR) is 85.1 cm³/mol. The molecule has 0 aromatic heterocycles. The number of carbonyl (C=O) groups is 3. The highest BCUT2D eigenvalue weighted by Gasteiger charge is 2.25. The van der Waals surface area contributed by atoms with Gasteiger partial charge in [0.15, 0.2) is 0 Å². The molecule has 0 radical (unpaired) electrons. The van der Waals surface area contributed by atoms with Gasteiger partial charge >= 0.3 is 17.8 Å². The van der Waals surface area contributed by atoms with Crippen LogP contribution in [-0.4, -0.2) is 67.4 Å². The number of amides is 2. The standard InChI is InChI=1S/C16H21N3O4/c1-3-18-7-9-19(10-8-18)15(21)14(20)17-13-6-4-5-12(11-13)16(22)23-2/h4-6,11H,3,7-10H2,1-2H3,(H,17,20). The molecule has 1 saturated heterocycles. The van der Waals surface area contributed by atoms with E-state index in [2.05, 4.69) is 21.9 Å². The maximum Gasteiger partial charge on any atom is 0.337 e. The van der Waals surface area contributed by atoms with Gasteiger partial charge in [-0.05, 0) is 24.7 Å². The van der Waals surface area contributed by atoms with Crippen LogP contribution in [0.5, 0.6) is 0 Å². The summed E-state index contributed by atoms with van der Waals surface area (Å²) in [6, 6.07) is 6.29. The van der Waals surface area contributed by atoms with Crippen molar-refractivity contribution in [3.8, 4) is 0 Å². The number of nitrogens with zero attached hydrogens (tertiary/aromatic N) is 2. The smallest absolute Gasteiger partial charge is 0.337 e. The minimum absolute atomic E-state index is 0.314. The summed E-state index contributed by atoms with van der Waals surface area (Å²) >= 11 is 0. The SMILES string of the molecule is CCN1CCN(C(=O)C(=O)Nc2cccc(C(=O)OC)c2)CC1. The maximum atomic E-state index is 12.2. The van der Waals surface area contributed by atoms with Crippen molar-refractivity contribution in [3.05, 3.63) is 29.8 Å². The van der Waals surface area contributed by atoms with Crippen molar-refractivity contribution in [2.24, 2.45) is 0 Å². The molecule has 0 atom stereocenters. The van der Waals surface area contributed by atoms with Gasteiger partial charge in [0.2, 0.25) is 0 Å². The van der Waals surface area contributed by atoms with Crippen molar-refractivity contribution in [1.29, 1.82) is 0 Å². The molecule has 7 heteroatoms. The van der Waals surface area contributed by atoms with Crippen LogP contribution >= 0.6 is 0 Å². The van der Waals surface area contributed by atoms with Crippen LogP contribution in [0.15, 0.2) is 24.3 Å². The average molecular weight is 319 g/mol. The van der Waals surface area contributed by atoms with E-state index in [-0.39, 0.29) is 0 Å². The first-order valence-electron chi connectivity index (χ1n) is 7.56. The van der Waals surface area contributed by atoms with Crippen LogP contribution in [0.25, 0.3) is 0 Å². The zero-order valence-corrected chi connectivity index (χ0v) is 13.4. The highest BCUT2D eigenvalue weighted by Crippen LogP contribution is 2.12. The molecule has 124 valence electrons. The maximum absolute atomic E-state index is 12.2. The number of hydrogen-bond donors (Lipinski definition) is 1. The Balaban J connectivity index is 1.96. The molecule has 0 unspecified atom stereocenters. The molecular formula is C16H21N3O4. The van der Waals surface area contributed by atoms with Crippen LogP contribution < -0.4 is 5.32 Å². The van der Waals surface area contributed by atoms with E-state index in [0.717, 1.165) is 19.6 Å².